The molecule has 0 atom stereocenters. The Morgan fingerprint density at radius 3 is 2.70 bits per heavy atom. The average molecular weight is 306 g/mol. The normalized spacial score (nSPS) is 10.5. The third-order valence-corrected chi connectivity index (χ3v) is 3.44. The van der Waals surface area contributed by atoms with Gasteiger partial charge < -0.3 is 5.32 Å². The summed E-state index contributed by atoms with van der Waals surface area (Å²) in [7, 11) is 0. The zero-order valence-electron chi connectivity index (χ0n) is 12.9. The van der Waals surface area contributed by atoms with Crippen LogP contribution < -0.4 is 5.32 Å². The molecule has 5 nitrogen and oxygen atoms in total. The van der Waals surface area contributed by atoms with Crippen molar-refractivity contribution in [1.29, 1.82) is 0 Å². The summed E-state index contributed by atoms with van der Waals surface area (Å²) in [6, 6.07) is 15.4. The molecule has 1 aromatic carbocycles. The number of aromatic nitrogens is 3. The van der Waals surface area contributed by atoms with Gasteiger partial charge in [-0.1, -0.05) is 25.1 Å². The summed E-state index contributed by atoms with van der Waals surface area (Å²) in [4.78, 5) is 16.4. The molecule has 1 N–H and O–H groups in total. The predicted molar refractivity (Wildman–Crippen MR) is 89.4 cm³/mol. The first-order valence-electron chi connectivity index (χ1n) is 7.63. The van der Waals surface area contributed by atoms with E-state index in [0.717, 1.165) is 23.4 Å². The third kappa shape index (κ3) is 3.29. The molecule has 0 radical (unpaired) electrons. The van der Waals surface area contributed by atoms with E-state index >= 15 is 0 Å². The summed E-state index contributed by atoms with van der Waals surface area (Å²) in [5.41, 5.74) is 3.06. The second-order valence-corrected chi connectivity index (χ2v) is 5.16. The number of rotatable bonds is 5. The minimum atomic E-state index is -0.160. The van der Waals surface area contributed by atoms with Crippen molar-refractivity contribution >= 4 is 5.91 Å². The smallest absolute Gasteiger partial charge is 0.271 e. The molecule has 0 saturated carbocycles. The summed E-state index contributed by atoms with van der Waals surface area (Å²) in [6.45, 7) is 2.66. The van der Waals surface area contributed by atoms with E-state index in [0.29, 0.717) is 12.2 Å². The quantitative estimate of drug-likeness (QED) is 0.788. The van der Waals surface area contributed by atoms with Gasteiger partial charge in [0.2, 0.25) is 0 Å². The SMILES string of the molecule is CCCNC(=O)c1cc(-c2cccnc2)n(-c2ccccc2)n1. The number of hydrogen-bond acceptors (Lipinski definition) is 3. The molecule has 2 aromatic heterocycles. The Morgan fingerprint density at radius 1 is 1.17 bits per heavy atom. The van der Waals surface area contributed by atoms with Crippen molar-refractivity contribution in [1.82, 2.24) is 20.1 Å². The van der Waals surface area contributed by atoms with Crippen LogP contribution in [-0.4, -0.2) is 27.2 Å². The molecule has 0 aliphatic rings. The number of para-hydroxylation sites is 1. The van der Waals surface area contributed by atoms with Crippen LogP contribution in [0, 0.1) is 0 Å². The largest absolute Gasteiger partial charge is 0.351 e. The van der Waals surface area contributed by atoms with Crippen molar-refractivity contribution in [3.8, 4) is 16.9 Å². The van der Waals surface area contributed by atoms with Gasteiger partial charge >= 0.3 is 0 Å². The second kappa shape index (κ2) is 6.87. The highest BCUT2D eigenvalue weighted by Crippen LogP contribution is 2.23. The van der Waals surface area contributed by atoms with Crippen LogP contribution in [0.25, 0.3) is 16.9 Å². The standard InChI is InChI=1S/C18H18N4O/c1-2-10-20-18(23)16-12-17(14-7-6-11-19-13-14)22(21-16)15-8-4-3-5-9-15/h3-9,11-13H,2,10H2,1H3,(H,20,23). The molecule has 0 aliphatic heterocycles. The number of carbonyl (C=O) groups excluding carboxylic acids is 1. The van der Waals surface area contributed by atoms with Crippen LogP contribution in [0.1, 0.15) is 23.8 Å². The first kappa shape index (κ1) is 15.0. The van der Waals surface area contributed by atoms with Gasteiger partial charge in [0.1, 0.15) is 0 Å². The number of nitrogens with one attached hydrogen (secondary N) is 1. The number of nitrogens with zero attached hydrogens (tertiary/aromatic N) is 3. The van der Waals surface area contributed by atoms with E-state index in [1.54, 1.807) is 23.1 Å². The van der Waals surface area contributed by atoms with Crippen molar-refractivity contribution in [2.24, 2.45) is 0 Å². The third-order valence-electron chi connectivity index (χ3n) is 3.44. The molecular formula is C18H18N4O. The van der Waals surface area contributed by atoms with Gasteiger partial charge in [0.15, 0.2) is 5.69 Å². The molecule has 0 bridgehead atoms. The van der Waals surface area contributed by atoms with E-state index in [1.807, 2.05) is 49.4 Å². The molecule has 0 saturated heterocycles. The maximum Gasteiger partial charge on any atom is 0.271 e. The Balaban J connectivity index is 2.06. The zero-order chi connectivity index (χ0) is 16.1. The monoisotopic (exact) mass is 306 g/mol. The molecule has 3 aromatic rings. The fourth-order valence-electron chi connectivity index (χ4n) is 2.31. The Morgan fingerprint density at radius 2 is 2.00 bits per heavy atom. The van der Waals surface area contributed by atoms with Crippen molar-refractivity contribution in [2.45, 2.75) is 13.3 Å². The topological polar surface area (TPSA) is 59.8 Å². The van der Waals surface area contributed by atoms with E-state index in [2.05, 4.69) is 15.4 Å². The zero-order valence-corrected chi connectivity index (χ0v) is 12.9. The minimum absolute atomic E-state index is 0.160. The lowest BCUT2D eigenvalue weighted by atomic mass is 10.2. The summed E-state index contributed by atoms with van der Waals surface area (Å²) >= 11 is 0. The molecule has 23 heavy (non-hydrogen) atoms. The maximum atomic E-state index is 12.2. The average Bonchev–Trinajstić information content (AvgIpc) is 3.06. The Bertz CT molecular complexity index is 724. The van der Waals surface area contributed by atoms with E-state index in [4.69, 9.17) is 0 Å². The van der Waals surface area contributed by atoms with Gasteiger partial charge in [-0.15, -0.1) is 0 Å². The number of amides is 1. The van der Waals surface area contributed by atoms with Crippen LogP contribution in [0.5, 0.6) is 0 Å². The molecule has 1 amide bonds. The van der Waals surface area contributed by atoms with Crippen LogP contribution >= 0.6 is 0 Å². The lowest BCUT2D eigenvalue weighted by Crippen LogP contribution is -2.24. The molecule has 0 spiro atoms. The van der Waals surface area contributed by atoms with Crippen molar-refractivity contribution in [3.63, 3.8) is 0 Å². The highest BCUT2D eigenvalue weighted by Gasteiger charge is 2.16. The lowest BCUT2D eigenvalue weighted by molar-refractivity contribution is 0.0948. The Labute approximate surface area is 135 Å². The highest BCUT2D eigenvalue weighted by molar-refractivity contribution is 5.93. The van der Waals surface area contributed by atoms with Gasteiger partial charge in [-0.25, -0.2) is 4.68 Å². The summed E-state index contributed by atoms with van der Waals surface area (Å²) in [6.07, 6.45) is 4.38. The molecular weight excluding hydrogens is 288 g/mol. The fraction of sp³-hybridized carbons (Fsp3) is 0.167. The van der Waals surface area contributed by atoms with Crippen molar-refractivity contribution < 1.29 is 4.79 Å². The van der Waals surface area contributed by atoms with E-state index in [9.17, 15) is 4.79 Å². The molecule has 0 unspecified atom stereocenters. The van der Waals surface area contributed by atoms with Gasteiger partial charge in [0, 0.05) is 24.5 Å². The molecule has 3 rings (SSSR count). The van der Waals surface area contributed by atoms with Crippen LogP contribution in [-0.2, 0) is 0 Å². The van der Waals surface area contributed by atoms with E-state index in [1.165, 1.54) is 0 Å². The first-order chi connectivity index (χ1) is 11.3. The van der Waals surface area contributed by atoms with Gasteiger partial charge in [0.25, 0.3) is 5.91 Å². The van der Waals surface area contributed by atoms with Crippen molar-refractivity contribution in [3.05, 3.63) is 66.6 Å². The predicted octanol–water partition coefficient (Wildman–Crippen LogP) is 3.07. The van der Waals surface area contributed by atoms with Crippen LogP contribution in [0.15, 0.2) is 60.9 Å². The van der Waals surface area contributed by atoms with Crippen LogP contribution in [0.4, 0.5) is 0 Å². The lowest BCUT2D eigenvalue weighted by Gasteiger charge is -2.06. The fourth-order valence-corrected chi connectivity index (χ4v) is 2.31. The van der Waals surface area contributed by atoms with E-state index < -0.39 is 0 Å². The number of pyridine rings is 1. The van der Waals surface area contributed by atoms with Gasteiger partial charge in [0.05, 0.1) is 11.4 Å². The summed E-state index contributed by atoms with van der Waals surface area (Å²) in [5.74, 6) is -0.160. The first-order valence-corrected chi connectivity index (χ1v) is 7.63. The Kier molecular flexibility index (Phi) is 4.47. The minimum Gasteiger partial charge on any atom is -0.351 e. The Hall–Kier alpha value is -2.95. The van der Waals surface area contributed by atoms with Gasteiger partial charge in [-0.3, -0.25) is 9.78 Å². The van der Waals surface area contributed by atoms with Gasteiger partial charge in [-0.2, -0.15) is 5.10 Å². The summed E-state index contributed by atoms with van der Waals surface area (Å²) < 4.78 is 1.78. The molecule has 0 fully saturated rings. The van der Waals surface area contributed by atoms with Gasteiger partial charge in [-0.05, 0) is 36.8 Å². The molecule has 2 heterocycles. The molecule has 116 valence electrons. The maximum absolute atomic E-state index is 12.2. The number of benzene rings is 1. The second-order valence-electron chi connectivity index (χ2n) is 5.16. The number of hydrogen-bond donors (Lipinski definition) is 1. The van der Waals surface area contributed by atoms with Crippen LogP contribution in [0.2, 0.25) is 0 Å². The van der Waals surface area contributed by atoms with Crippen molar-refractivity contribution in [2.75, 3.05) is 6.54 Å². The highest BCUT2D eigenvalue weighted by atomic mass is 16.1. The molecule has 0 aliphatic carbocycles. The molecule has 5 heteroatoms. The number of carbonyl (C=O) groups is 1. The van der Waals surface area contributed by atoms with E-state index in [-0.39, 0.29) is 5.91 Å². The summed E-state index contributed by atoms with van der Waals surface area (Å²) in [5, 5.41) is 7.35. The van der Waals surface area contributed by atoms with Crippen LogP contribution in [0.3, 0.4) is 0 Å².